The third-order valence-corrected chi connectivity index (χ3v) is 4.24. The number of carbonyl (C=O) groups excluding carboxylic acids is 1. The van der Waals surface area contributed by atoms with Gasteiger partial charge in [0.05, 0.1) is 0 Å². The summed E-state index contributed by atoms with van der Waals surface area (Å²) in [5.74, 6) is 0.130. The molecular weight excluding hydrogens is 200 g/mol. The summed E-state index contributed by atoms with van der Waals surface area (Å²) in [6.07, 6.45) is 3.68. The van der Waals surface area contributed by atoms with E-state index in [1.54, 1.807) is 7.05 Å². The average Bonchev–Trinajstić information content (AvgIpc) is 2.28. The van der Waals surface area contributed by atoms with Gasteiger partial charge in [-0.15, -0.1) is 0 Å². The Hall–Kier alpha value is -0.570. The molecule has 3 nitrogen and oxygen atoms in total. The Morgan fingerprint density at radius 1 is 1.12 bits per heavy atom. The number of amides is 1. The van der Waals surface area contributed by atoms with Crippen molar-refractivity contribution in [2.45, 2.75) is 58.9 Å². The number of carbonyl (C=O) groups is 1. The van der Waals surface area contributed by atoms with Crippen molar-refractivity contribution in [3.63, 3.8) is 0 Å². The maximum atomic E-state index is 11.3. The molecule has 0 aliphatic heterocycles. The van der Waals surface area contributed by atoms with Gasteiger partial charge < -0.3 is 10.6 Å². The molecular formula is C13H28N2O. The van der Waals surface area contributed by atoms with Crippen LogP contribution in [0.1, 0.15) is 53.4 Å². The first-order valence-corrected chi connectivity index (χ1v) is 6.28. The van der Waals surface area contributed by atoms with Gasteiger partial charge in [0.25, 0.3) is 0 Å². The van der Waals surface area contributed by atoms with Gasteiger partial charge in [-0.25, -0.2) is 0 Å². The van der Waals surface area contributed by atoms with Crippen LogP contribution in [0.15, 0.2) is 0 Å². The van der Waals surface area contributed by atoms with Crippen LogP contribution in [0.2, 0.25) is 0 Å². The van der Waals surface area contributed by atoms with Crippen LogP contribution in [0.4, 0.5) is 0 Å². The van der Waals surface area contributed by atoms with Gasteiger partial charge in [0.2, 0.25) is 5.91 Å². The van der Waals surface area contributed by atoms with E-state index in [-0.39, 0.29) is 16.9 Å². The molecule has 0 aliphatic carbocycles. The van der Waals surface area contributed by atoms with E-state index in [0.29, 0.717) is 6.42 Å². The third-order valence-electron chi connectivity index (χ3n) is 4.24. The van der Waals surface area contributed by atoms with Gasteiger partial charge in [0.1, 0.15) is 0 Å². The van der Waals surface area contributed by atoms with Crippen LogP contribution in [0, 0.1) is 5.41 Å². The molecule has 0 atom stereocenters. The van der Waals surface area contributed by atoms with Crippen LogP contribution < -0.4 is 10.6 Å². The van der Waals surface area contributed by atoms with Crippen LogP contribution in [0.5, 0.6) is 0 Å². The fourth-order valence-corrected chi connectivity index (χ4v) is 2.69. The smallest absolute Gasteiger partial charge is 0.219 e. The molecule has 0 rings (SSSR count). The van der Waals surface area contributed by atoms with Crippen LogP contribution in [0.25, 0.3) is 0 Å². The minimum absolute atomic E-state index is 0.123. The fourth-order valence-electron chi connectivity index (χ4n) is 2.69. The summed E-state index contributed by atoms with van der Waals surface area (Å²) in [4.78, 5) is 11.3. The molecule has 0 aromatic carbocycles. The summed E-state index contributed by atoms with van der Waals surface area (Å²) in [6.45, 7) is 8.92. The largest absolute Gasteiger partial charge is 0.359 e. The van der Waals surface area contributed by atoms with Crippen molar-refractivity contribution in [1.82, 2.24) is 10.6 Å². The Labute approximate surface area is 100 Å². The molecule has 16 heavy (non-hydrogen) atoms. The summed E-state index contributed by atoms with van der Waals surface area (Å²) < 4.78 is 0. The van der Waals surface area contributed by atoms with E-state index in [0.717, 1.165) is 19.3 Å². The molecule has 0 spiro atoms. The van der Waals surface area contributed by atoms with Crippen molar-refractivity contribution in [2.24, 2.45) is 5.41 Å². The average molecular weight is 228 g/mol. The number of hydrogen-bond donors (Lipinski definition) is 2. The zero-order valence-corrected chi connectivity index (χ0v) is 11.7. The molecule has 0 saturated carbocycles. The summed E-state index contributed by atoms with van der Waals surface area (Å²) in [5, 5.41) is 6.15. The van der Waals surface area contributed by atoms with Crippen molar-refractivity contribution >= 4 is 5.91 Å². The lowest BCUT2D eigenvalue weighted by Crippen LogP contribution is -2.54. The number of rotatable bonds is 7. The standard InChI is InChI=1S/C13H28N2O/c1-7-13(8-2,15-6)12(3,4)10-9-11(16)14-5/h15H,7-10H2,1-6H3,(H,14,16). The van der Waals surface area contributed by atoms with Crippen LogP contribution >= 0.6 is 0 Å². The summed E-state index contributed by atoms with van der Waals surface area (Å²) in [5.41, 5.74) is 0.249. The van der Waals surface area contributed by atoms with Gasteiger partial charge in [-0.3, -0.25) is 4.79 Å². The third kappa shape index (κ3) is 3.21. The Morgan fingerprint density at radius 2 is 1.62 bits per heavy atom. The summed E-state index contributed by atoms with van der Waals surface area (Å²) in [7, 11) is 3.72. The highest BCUT2D eigenvalue weighted by molar-refractivity contribution is 5.75. The zero-order chi connectivity index (χ0) is 12.8. The second kappa shape index (κ2) is 6.24. The zero-order valence-electron chi connectivity index (χ0n) is 11.7. The molecule has 0 bridgehead atoms. The summed E-state index contributed by atoms with van der Waals surface area (Å²) >= 11 is 0. The molecule has 2 N–H and O–H groups in total. The number of hydrogen-bond acceptors (Lipinski definition) is 2. The molecule has 96 valence electrons. The van der Waals surface area contributed by atoms with Crippen LogP contribution in [0.3, 0.4) is 0 Å². The minimum Gasteiger partial charge on any atom is -0.359 e. The van der Waals surface area contributed by atoms with Crippen molar-refractivity contribution in [1.29, 1.82) is 0 Å². The van der Waals surface area contributed by atoms with Crippen molar-refractivity contribution < 1.29 is 4.79 Å². The lowest BCUT2D eigenvalue weighted by Gasteiger charge is -2.46. The lowest BCUT2D eigenvalue weighted by atomic mass is 9.66. The molecule has 0 aromatic rings. The first kappa shape index (κ1) is 15.4. The van der Waals surface area contributed by atoms with Crippen molar-refractivity contribution in [3.8, 4) is 0 Å². The monoisotopic (exact) mass is 228 g/mol. The SMILES string of the molecule is CCC(CC)(NC)C(C)(C)CCC(=O)NC. The Kier molecular flexibility index (Phi) is 6.01. The molecule has 3 heteroatoms. The van der Waals surface area contributed by atoms with E-state index in [1.807, 2.05) is 7.05 Å². The quantitative estimate of drug-likeness (QED) is 0.702. The van der Waals surface area contributed by atoms with Crippen molar-refractivity contribution in [2.75, 3.05) is 14.1 Å². The van der Waals surface area contributed by atoms with Crippen molar-refractivity contribution in [3.05, 3.63) is 0 Å². The lowest BCUT2D eigenvalue weighted by molar-refractivity contribution is -0.121. The first-order valence-electron chi connectivity index (χ1n) is 6.28. The maximum Gasteiger partial charge on any atom is 0.219 e. The summed E-state index contributed by atoms with van der Waals surface area (Å²) in [6, 6.07) is 0. The topological polar surface area (TPSA) is 41.1 Å². The molecule has 1 amide bonds. The van der Waals surface area contributed by atoms with Gasteiger partial charge >= 0.3 is 0 Å². The minimum atomic E-state index is 0.123. The molecule has 0 fully saturated rings. The highest BCUT2D eigenvalue weighted by atomic mass is 16.1. The Morgan fingerprint density at radius 3 is 1.94 bits per heavy atom. The molecule has 0 aliphatic rings. The second-order valence-electron chi connectivity index (χ2n) is 5.10. The molecule has 0 saturated heterocycles. The molecule has 0 radical (unpaired) electrons. The first-order chi connectivity index (χ1) is 7.39. The maximum absolute atomic E-state index is 11.3. The van der Waals surface area contributed by atoms with E-state index >= 15 is 0 Å². The second-order valence-corrected chi connectivity index (χ2v) is 5.10. The highest BCUT2D eigenvalue weighted by Crippen LogP contribution is 2.39. The molecule has 0 heterocycles. The normalized spacial score (nSPS) is 12.6. The van der Waals surface area contributed by atoms with E-state index in [9.17, 15) is 4.79 Å². The van der Waals surface area contributed by atoms with Gasteiger partial charge in [0.15, 0.2) is 0 Å². The van der Waals surface area contributed by atoms with E-state index in [1.165, 1.54) is 0 Å². The van der Waals surface area contributed by atoms with Gasteiger partial charge in [-0.1, -0.05) is 27.7 Å². The molecule has 0 aromatic heterocycles. The fraction of sp³-hybridized carbons (Fsp3) is 0.923. The van der Waals surface area contributed by atoms with Gasteiger partial charge in [-0.05, 0) is 31.7 Å². The van der Waals surface area contributed by atoms with Crippen LogP contribution in [-0.2, 0) is 4.79 Å². The van der Waals surface area contributed by atoms with E-state index in [4.69, 9.17) is 0 Å². The Bertz CT molecular complexity index is 212. The Balaban J connectivity index is 4.65. The van der Waals surface area contributed by atoms with Gasteiger partial charge in [0, 0.05) is 19.0 Å². The predicted molar refractivity (Wildman–Crippen MR) is 69.5 cm³/mol. The molecule has 0 unspecified atom stereocenters. The van der Waals surface area contributed by atoms with E-state index in [2.05, 4.69) is 38.3 Å². The van der Waals surface area contributed by atoms with Crippen LogP contribution in [-0.4, -0.2) is 25.5 Å². The van der Waals surface area contributed by atoms with E-state index < -0.39 is 0 Å². The predicted octanol–water partition coefficient (Wildman–Crippen LogP) is 2.32. The van der Waals surface area contributed by atoms with Gasteiger partial charge in [-0.2, -0.15) is 0 Å². The highest BCUT2D eigenvalue weighted by Gasteiger charge is 2.40. The number of nitrogens with one attached hydrogen (secondary N) is 2.